The molecular formula is C22H25NO4. The molecule has 1 aromatic carbocycles. The highest BCUT2D eigenvalue weighted by Crippen LogP contribution is 2.42. The average molecular weight is 367 g/mol. The van der Waals surface area contributed by atoms with Crippen molar-refractivity contribution in [1.82, 2.24) is 4.90 Å². The topological polar surface area (TPSA) is 74.7 Å². The Morgan fingerprint density at radius 1 is 1.11 bits per heavy atom. The van der Waals surface area contributed by atoms with Crippen molar-refractivity contribution in [2.45, 2.75) is 44.4 Å². The van der Waals surface area contributed by atoms with Crippen LogP contribution in [0.3, 0.4) is 0 Å². The molecular weight excluding hydrogens is 342 g/mol. The summed E-state index contributed by atoms with van der Waals surface area (Å²) < 4.78 is 0. The number of carboxylic acids is 1. The van der Waals surface area contributed by atoms with Gasteiger partial charge in [0.15, 0.2) is 0 Å². The van der Waals surface area contributed by atoms with Crippen molar-refractivity contribution >= 4 is 23.9 Å². The number of hydrogen-bond acceptors (Lipinski definition) is 3. The second kappa shape index (κ2) is 8.33. The third-order valence-corrected chi connectivity index (χ3v) is 5.41. The highest BCUT2D eigenvalue weighted by atomic mass is 16.4. The standard InChI is InChI=1S/C22H25NO4/c1-15-11-12-16-8-5-6-9-17(16)21(15)18-14-19(24)23(22(18)27)13-7-3-2-4-10-20(25)26/h5-6,8-9,11-12,18,21H,1-4,7,10,13-14H2,(H,25,26). The van der Waals surface area contributed by atoms with Gasteiger partial charge >= 0.3 is 5.97 Å². The summed E-state index contributed by atoms with van der Waals surface area (Å²) in [7, 11) is 0. The molecule has 0 saturated carbocycles. The number of hydrogen-bond donors (Lipinski definition) is 1. The summed E-state index contributed by atoms with van der Waals surface area (Å²) in [6, 6.07) is 7.94. The van der Waals surface area contributed by atoms with Gasteiger partial charge in [-0.25, -0.2) is 0 Å². The molecule has 1 N–H and O–H groups in total. The fourth-order valence-corrected chi connectivity index (χ4v) is 4.03. The van der Waals surface area contributed by atoms with Crippen LogP contribution >= 0.6 is 0 Å². The van der Waals surface area contributed by atoms with Gasteiger partial charge in [0.05, 0.1) is 5.92 Å². The molecule has 0 spiro atoms. The molecule has 5 heteroatoms. The van der Waals surface area contributed by atoms with Crippen LogP contribution in [-0.4, -0.2) is 34.3 Å². The van der Waals surface area contributed by atoms with E-state index >= 15 is 0 Å². The van der Waals surface area contributed by atoms with Crippen LogP contribution in [-0.2, 0) is 14.4 Å². The Labute approximate surface area is 159 Å². The number of rotatable bonds is 8. The van der Waals surface area contributed by atoms with Crippen molar-refractivity contribution in [2.75, 3.05) is 6.54 Å². The van der Waals surface area contributed by atoms with Gasteiger partial charge in [-0.15, -0.1) is 0 Å². The van der Waals surface area contributed by atoms with Gasteiger partial charge in [-0.2, -0.15) is 0 Å². The lowest BCUT2D eigenvalue weighted by Gasteiger charge is -2.28. The van der Waals surface area contributed by atoms with Gasteiger partial charge in [-0.3, -0.25) is 19.3 Å². The number of allylic oxidation sites excluding steroid dienone is 2. The van der Waals surface area contributed by atoms with Crippen molar-refractivity contribution < 1.29 is 19.5 Å². The van der Waals surface area contributed by atoms with Crippen LogP contribution in [0.4, 0.5) is 0 Å². The molecule has 2 atom stereocenters. The number of aliphatic carboxylic acids is 1. The van der Waals surface area contributed by atoms with Crippen molar-refractivity contribution in [3.63, 3.8) is 0 Å². The monoisotopic (exact) mass is 367 g/mol. The molecule has 3 rings (SSSR count). The molecule has 2 amide bonds. The van der Waals surface area contributed by atoms with Gasteiger partial charge in [0.1, 0.15) is 0 Å². The third-order valence-electron chi connectivity index (χ3n) is 5.41. The summed E-state index contributed by atoms with van der Waals surface area (Å²) in [5.41, 5.74) is 3.01. The molecule has 1 fully saturated rings. The van der Waals surface area contributed by atoms with E-state index in [1.54, 1.807) is 0 Å². The normalized spacial score (nSPS) is 21.6. The molecule has 142 valence electrons. The first-order valence-corrected chi connectivity index (χ1v) is 9.51. The Kier molecular flexibility index (Phi) is 5.89. The highest BCUT2D eigenvalue weighted by Gasteiger charge is 2.44. The highest BCUT2D eigenvalue weighted by molar-refractivity contribution is 6.04. The Balaban J connectivity index is 1.62. The average Bonchev–Trinajstić information content (AvgIpc) is 2.91. The molecule has 0 bridgehead atoms. The lowest BCUT2D eigenvalue weighted by Crippen LogP contribution is -2.33. The van der Waals surface area contributed by atoms with E-state index < -0.39 is 5.97 Å². The van der Waals surface area contributed by atoms with Crippen molar-refractivity contribution in [3.05, 3.63) is 53.6 Å². The van der Waals surface area contributed by atoms with Crippen molar-refractivity contribution in [1.29, 1.82) is 0 Å². The third kappa shape index (κ3) is 4.18. The maximum Gasteiger partial charge on any atom is 0.303 e. The molecule has 1 aliphatic heterocycles. The summed E-state index contributed by atoms with van der Waals surface area (Å²) in [5, 5.41) is 8.65. The molecule has 2 unspecified atom stereocenters. The lowest BCUT2D eigenvalue weighted by atomic mass is 9.75. The molecule has 27 heavy (non-hydrogen) atoms. The number of carboxylic acid groups (broad SMARTS) is 1. The Hall–Kier alpha value is -2.69. The smallest absolute Gasteiger partial charge is 0.303 e. The maximum absolute atomic E-state index is 12.9. The number of nitrogens with zero attached hydrogens (tertiary/aromatic N) is 1. The minimum atomic E-state index is -0.787. The largest absolute Gasteiger partial charge is 0.481 e. The zero-order chi connectivity index (χ0) is 19.4. The van der Waals surface area contributed by atoms with Crippen LogP contribution in [0.15, 0.2) is 42.5 Å². The van der Waals surface area contributed by atoms with E-state index in [-0.39, 0.29) is 36.5 Å². The number of unbranched alkanes of at least 4 members (excludes halogenated alkanes) is 3. The number of imide groups is 1. The minimum Gasteiger partial charge on any atom is -0.481 e. The fraction of sp³-hybridized carbons (Fsp3) is 0.409. The Bertz CT molecular complexity index is 795. The summed E-state index contributed by atoms with van der Waals surface area (Å²) in [6.45, 7) is 4.53. The first-order valence-electron chi connectivity index (χ1n) is 9.51. The maximum atomic E-state index is 12.9. The van der Waals surface area contributed by atoms with Gasteiger partial charge in [0, 0.05) is 25.3 Å². The number of fused-ring (bicyclic) bond motifs is 1. The number of carbonyl (C=O) groups excluding carboxylic acids is 2. The summed E-state index contributed by atoms with van der Waals surface area (Å²) >= 11 is 0. The van der Waals surface area contributed by atoms with E-state index in [2.05, 4.69) is 6.58 Å². The molecule has 5 nitrogen and oxygen atoms in total. The van der Waals surface area contributed by atoms with Crippen LogP contribution in [0.5, 0.6) is 0 Å². The van der Waals surface area contributed by atoms with Crippen molar-refractivity contribution in [2.24, 2.45) is 5.92 Å². The predicted molar refractivity (Wildman–Crippen MR) is 103 cm³/mol. The first kappa shape index (κ1) is 19.1. The summed E-state index contributed by atoms with van der Waals surface area (Å²) in [5.74, 6) is -1.55. The minimum absolute atomic E-state index is 0.109. The molecule has 1 saturated heterocycles. The van der Waals surface area contributed by atoms with E-state index in [0.717, 1.165) is 29.5 Å². The van der Waals surface area contributed by atoms with Crippen LogP contribution in [0.2, 0.25) is 0 Å². The van der Waals surface area contributed by atoms with Crippen LogP contribution in [0.1, 0.15) is 55.6 Å². The second-order valence-electron chi connectivity index (χ2n) is 7.27. The Morgan fingerprint density at radius 2 is 1.85 bits per heavy atom. The molecule has 1 aliphatic carbocycles. The first-order chi connectivity index (χ1) is 13.0. The number of likely N-dealkylation sites (tertiary alicyclic amines) is 1. The SMILES string of the molecule is C=C1C=Cc2ccccc2C1C1CC(=O)N(CCCCCCC(=O)O)C1=O. The van der Waals surface area contributed by atoms with Crippen LogP contribution < -0.4 is 0 Å². The zero-order valence-electron chi connectivity index (χ0n) is 15.4. The lowest BCUT2D eigenvalue weighted by molar-refractivity contribution is -0.139. The second-order valence-corrected chi connectivity index (χ2v) is 7.27. The van der Waals surface area contributed by atoms with Crippen molar-refractivity contribution in [3.8, 4) is 0 Å². The van der Waals surface area contributed by atoms with Crippen LogP contribution in [0, 0.1) is 5.92 Å². The number of carbonyl (C=O) groups is 3. The summed E-state index contributed by atoms with van der Waals surface area (Å²) in [6.07, 6.45) is 7.29. The molecule has 0 radical (unpaired) electrons. The Morgan fingerprint density at radius 3 is 2.63 bits per heavy atom. The zero-order valence-corrected chi connectivity index (χ0v) is 15.4. The van der Waals surface area contributed by atoms with Gasteiger partial charge in [0.2, 0.25) is 11.8 Å². The molecule has 1 heterocycles. The molecule has 2 aliphatic rings. The van der Waals surface area contributed by atoms with E-state index in [1.807, 2.05) is 36.4 Å². The summed E-state index contributed by atoms with van der Waals surface area (Å²) in [4.78, 5) is 37.3. The van der Waals surface area contributed by atoms with E-state index in [0.29, 0.717) is 19.4 Å². The predicted octanol–water partition coefficient (Wildman–Crippen LogP) is 3.76. The molecule has 1 aromatic rings. The van der Waals surface area contributed by atoms with Crippen LogP contribution in [0.25, 0.3) is 6.08 Å². The number of amides is 2. The van der Waals surface area contributed by atoms with Gasteiger partial charge in [0.25, 0.3) is 0 Å². The van der Waals surface area contributed by atoms with E-state index in [1.165, 1.54) is 4.90 Å². The number of benzene rings is 1. The van der Waals surface area contributed by atoms with E-state index in [4.69, 9.17) is 5.11 Å². The quantitative estimate of drug-likeness (QED) is 0.561. The van der Waals surface area contributed by atoms with Gasteiger partial charge < -0.3 is 5.11 Å². The van der Waals surface area contributed by atoms with E-state index in [9.17, 15) is 14.4 Å². The molecule has 0 aromatic heterocycles. The van der Waals surface area contributed by atoms with Gasteiger partial charge in [-0.05, 0) is 29.5 Å². The fourth-order valence-electron chi connectivity index (χ4n) is 4.03. The van der Waals surface area contributed by atoms with Gasteiger partial charge in [-0.1, -0.05) is 55.8 Å².